The first-order chi connectivity index (χ1) is 35.0. The van der Waals surface area contributed by atoms with E-state index in [0.717, 1.165) is 41.0 Å². The number of aryl methyl sites for hydroxylation is 1. The minimum atomic E-state index is -0.995. The van der Waals surface area contributed by atoms with Crippen molar-refractivity contribution < 1.29 is 38.6 Å². The van der Waals surface area contributed by atoms with Gasteiger partial charge in [0.2, 0.25) is 17.7 Å². The largest absolute Gasteiger partial charge is 0.494 e. The van der Waals surface area contributed by atoms with Crippen LogP contribution in [0.3, 0.4) is 0 Å². The molecule has 4 heterocycles. The normalized spacial score (nSPS) is 15.1. The molecule has 0 bridgehead atoms. The molecular formula is C53H67N11O8S. The van der Waals surface area contributed by atoms with Crippen LogP contribution in [0.1, 0.15) is 114 Å². The van der Waals surface area contributed by atoms with Crippen LogP contribution in [0.25, 0.3) is 10.4 Å². The number of β-amino-alcohol motifs (C(OH)–C–C–N with tert-alkyl or cyclic N) is 1. The Morgan fingerprint density at radius 2 is 1.67 bits per heavy atom. The molecule has 0 radical (unpaired) electrons. The summed E-state index contributed by atoms with van der Waals surface area (Å²) in [7, 11) is 2.95. The van der Waals surface area contributed by atoms with Crippen molar-refractivity contribution in [1.82, 2.24) is 41.1 Å². The number of methoxy groups -OCH3 is 1. The number of likely N-dealkylation sites (tertiary alicyclic amines) is 1. The van der Waals surface area contributed by atoms with Gasteiger partial charge in [0.1, 0.15) is 17.9 Å². The maximum Gasteiger partial charge on any atom is 0.254 e. The lowest BCUT2D eigenvalue weighted by molar-refractivity contribution is -0.144. The van der Waals surface area contributed by atoms with Crippen molar-refractivity contribution >= 4 is 64.0 Å². The Morgan fingerprint density at radius 1 is 0.904 bits per heavy atom. The third-order valence-corrected chi connectivity index (χ3v) is 13.6. The number of ether oxygens (including phenoxy) is 1. The summed E-state index contributed by atoms with van der Waals surface area (Å²) in [5.74, 6) is -1.82. The van der Waals surface area contributed by atoms with Crippen molar-refractivity contribution in [2.75, 3.05) is 37.9 Å². The van der Waals surface area contributed by atoms with Crippen LogP contribution < -0.4 is 42.4 Å². The monoisotopic (exact) mass is 1020 g/mol. The topological polar surface area (TPSA) is 272 Å². The molecule has 6 amide bonds. The van der Waals surface area contributed by atoms with Crippen LogP contribution in [-0.4, -0.2) is 112 Å². The zero-order valence-corrected chi connectivity index (χ0v) is 43.1. The van der Waals surface area contributed by atoms with Gasteiger partial charge in [-0.3, -0.25) is 33.8 Å². The van der Waals surface area contributed by atoms with Gasteiger partial charge in [0.25, 0.3) is 17.7 Å². The van der Waals surface area contributed by atoms with Gasteiger partial charge in [0.05, 0.1) is 57.4 Å². The number of aromatic nitrogens is 3. The van der Waals surface area contributed by atoms with Crippen molar-refractivity contribution in [2.24, 2.45) is 11.1 Å². The van der Waals surface area contributed by atoms with Crippen molar-refractivity contribution in [1.29, 1.82) is 0 Å². The number of carbonyl (C=O) groups excluding carboxylic acids is 6. The number of benzene rings is 2. The summed E-state index contributed by atoms with van der Waals surface area (Å²) >= 11 is 1.56. The van der Waals surface area contributed by atoms with Gasteiger partial charge in [-0.25, -0.2) is 9.97 Å². The molecule has 0 saturated carbocycles. The summed E-state index contributed by atoms with van der Waals surface area (Å²) in [6, 6.07) is 15.7. The lowest BCUT2D eigenvalue weighted by atomic mass is 9.85. The number of pyridine rings is 2. The number of aliphatic hydroxyl groups is 1. The maximum atomic E-state index is 14.3. The molecule has 19 nitrogen and oxygen atoms in total. The number of nitrogens with zero attached hydrogens (tertiary/aromatic N) is 4. The Balaban J connectivity index is 1.10. The highest BCUT2D eigenvalue weighted by Gasteiger charge is 2.44. The molecular weight excluding hydrogens is 951 g/mol. The van der Waals surface area contributed by atoms with Crippen molar-refractivity contribution in [3.8, 4) is 16.2 Å². The highest BCUT2D eigenvalue weighted by Crippen LogP contribution is 2.34. The van der Waals surface area contributed by atoms with Crippen LogP contribution in [0.15, 0.2) is 84.8 Å². The Morgan fingerprint density at radius 3 is 2.34 bits per heavy atom. The smallest absolute Gasteiger partial charge is 0.254 e. The number of hydrogen-bond donors (Lipinski definition) is 8. The van der Waals surface area contributed by atoms with E-state index in [-0.39, 0.29) is 66.6 Å². The first kappa shape index (κ1) is 54.9. The fourth-order valence-electron chi connectivity index (χ4n) is 8.66. The number of para-hydroxylation sites is 1. The average molecular weight is 1020 g/mol. The molecule has 20 heteroatoms. The molecule has 2 aromatic carbocycles. The molecule has 9 N–H and O–H groups in total. The average Bonchev–Trinajstić information content (AvgIpc) is 4.00. The molecule has 1 fully saturated rings. The van der Waals surface area contributed by atoms with Crippen molar-refractivity contribution in [2.45, 2.75) is 110 Å². The number of nitrogens with one attached hydrogen (secondary N) is 6. The number of primary amides is 1. The van der Waals surface area contributed by atoms with E-state index in [2.05, 4.69) is 46.9 Å². The Bertz CT molecular complexity index is 2710. The highest BCUT2D eigenvalue weighted by atomic mass is 32.1. The molecule has 1 aliphatic heterocycles. The zero-order valence-electron chi connectivity index (χ0n) is 42.2. The van der Waals surface area contributed by atoms with E-state index in [1.165, 1.54) is 31.5 Å². The highest BCUT2D eigenvalue weighted by molar-refractivity contribution is 7.13. The number of carbonyl (C=O) groups is 6. The molecule has 4 atom stereocenters. The van der Waals surface area contributed by atoms with Crippen LogP contribution in [0.4, 0.5) is 17.2 Å². The summed E-state index contributed by atoms with van der Waals surface area (Å²) in [6.07, 6.45) is 7.57. The predicted molar refractivity (Wildman–Crippen MR) is 280 cm³/mol. The number of nitrogens with two attached hydrogens (primary N) is 1. The van der Waals surface area contributed by atoms with Crippen LogP contribution in [0.5, 0.6) is 5.75 Å². The Hall–Kier alpha value is -7.45. The molecule has 73 heavy (non-hydrogen) atoms. The number of aliphatic hydroxyl groups excluding tert-OH is 1. The van der Waals surface area contributed by atoms with Crippen molar-refractivity contribution in [3.05, 3.63) is 113 Å². The fourth-order valence-corrected chi connectivity index (χ4v) is 9.47. The Kier molecular flexibility index (Phi) is 19.4. The number of anilines is 3. The first-order valence-electron chi connectivity index (χ1n) is 24.4. The molecule has 1 unspecified atom stereocenters. The van der Waals surface area contributed by atoms with Gasteiger partial charge in [-0.2, -0.15) is 0 Å². The molecule has 5 aromatic rings. The quantitative estimate of drug-likeness (QED) is 0.0337. The van der Waals surface area contributed by atoms with E-state index in [1.54, 1.807) is 59.4 Å². The molecule has 388 valence electrons. The number of unbranched alkanes of at least 4 members (excludes halogenated alkanes) is 2. The molecule has 1 saturated heterocycles. The van der Waals surface area contributed by atoms with E-state index in [0.29, 0.717) is 48.6 Å². The molecule has 0 aliphatic carbocycles. The molecule has 6 rings (SSSR count). The zero-order chi connectivity index (χ0) is 52.7. The predicted octanol–water partition coefficient (Wildman–Crippen LogP) is 5.87. The van der Waals surface area contributed by atoms with E-state index in [4.69, 9.17) is 10.5 Å². The SMILES string of the molecule is CNC(=O)c1cccc(Nc2cc(NC(CCCCCNC(=O)c3cccnc3)CCCC(=O)N[C@H](C(=O)N3C[C@H](O)C[C@H]3C(=O)NCc3ccc(-c4scnc4C)cc3)C(C)(C)C)ncc2C(N)=O)c1OC. The van der Waals surface area contributed by atoms with Crippen LogP contribution in [0.2, 0.25) is 0 Å². The minimum Gasteiger partial charge on any atom is -0.494 e. The lowest BCUT2D eigenvalue weighted by Crippen LogP contribution is -2.57. The fraction of sp³-hybridized carbons (Fsp3) is 0.415. The summed E-state index contributed by atoms with van der Waals surface area (Å²) in [4.78, 5) is 94.9. The number of thiazole rings is 1. The van der Waals surface area contributed by atoms with Gasteiger partial charge in [0.15, 0.2) is 5.75 Å². The van der Waals surface area contributed by atoms with E-state index >= 15 is 0 Å². The number of rotatable bonds is 24. The molecule has 1 aliphatic rings. The Labute approximate surface area is 429 Å². The van der Waals surface area contributed by atoms with Crippen molar-refractivity contribution in [3.63, 3.8) is 0 Å². The van der Waals surface area contributed by atoms with Crippen LogP contribution >= 0.6 is 11.3 Å². The second-order valence-electron chi connectivity index (χ2n) is 19.1. The van der Waals surface area contributed by atoms with E-state index in [1.807, 2.05) is 52.0 Å². The lowest BCUT2D eigenvalue weighted by Gasteiger charge is -2.35. The van der Waals surface area contributed by atoms with Gasteiger partial charge in [-0.05, 0) is 73.4 Å². The summed E-state index contributed by atoms with van der Waals surface area (Å²) < 4.78 is 5.60. The summed E-state index contributed by atoms with van der Waals surface area (Å²) in [5.41, 5.74) is 11.3. The number of hydrogen-bond acceptors (Lipinski definition) is 14. The standard InChI is InChI=1S/C53H67N11O8S/c1-32-46(73-31-60-32)34-21-19-33(20-22-34)27-59-51(70)42-25-37(65)30-64(42)52(71)47(53(2,3)4)63-44(66)18-10-15-36(14-8-7-9-24-57-49(68)35-13-12-23-56-28-35)61-43-26-41(39(29-58-43)48(54)67)62-40-17-11-16-38(45(40)72-6)50(69)55-5/h11-13,16-17,19-23,26,28-29,31,36-37,42,47,65H,7-10,14-15,18,24-25,27,30H2,1-6H3,(H2,54,67)(H,55,69)(H,57,68)(H,59,70)(H,63,66)(H2,58,61,62)/t36?,37-,42+,47-/m1/s1. The second-order valence-corrected chi connectivity index (χ2v) is 19.9. The third-order valence-electron chi connectivity index (χ3n) is 12.6. The third kappa shape index (κ3) is 15.0. The van der Waals surface area contributed by atoms with Crippen LogP contribution in [-0.2, 0) is 20.9 Å². The number of amides is 6. The minimum absolute atomic E-state index is 0.0475. The second kappa shape index (κ2) is 25.8. The van der Waals surface area contributed by atoms with Gasteiger partial charge in [-0.1, -0.05) is 63.9 Å². The van der Waals surface area contributed by atoms with E-state index in [9.17, 15) is 33.9 Å². The summed E-state index contributed by atoms with van der Waals surface area (Å²) in [6.45, 7) is 8.13. The van der Waals surface area contributed by atoms with Crippen LogP contribution in [0, 0.1) is 12.3 Å². The maximum absolute atomic E-state index is 14.3. The van der Waals surface area contributed by atoms with Gasteiger partial charge in [0, 0.05) is 70.2 Å². The van der Waals surface area contributed by atoms with Gasteiger partial charge < -0.3 is 52.4 Å². The first-order valence-corrected chi connectivity index (χ1v) is 25.3. The summed E-state index contributed by atoms with van der Waals surface area (Å²) in [5, 5.41) is 28.9. The van der Waals surface area contributed by atoms with E-state index < -0.39 is 41.3 Å². The molecule has 3 aromatic heterocycles. The van der Waals surface area contributed by atoms with Gasteiger partial charge >= 0.3 is 0 Å². The van der Waals surface area contributed by atoms with Gasteiger partial charge in [-0.15, -0.1) is 11.3 Å². The molecule has 0 spiro atoms.